The van der Waals surface area contributed by atoms with Crippen molar-refractivity contribution in [2.24, 2.45) is 5.73 Å². The van der Waals surface area contributed by atoms with E-state index in [2.05, 4.69) is 4.90 Å². The first-order chi connectivity index (χ1) is 7.48. The second kappa shape index (κ2) is 5.95. The van der Waals surface area contributed by atoms with Gasteiger partial charge in [0.25, 0.3) is 0 Å². The molecule has 1 fully saturated rings. The predicted octanol–water partition coefficient (Wildman–Crippen LogP) is -0.531. The van der Waals surface area contributed by atoms with E-state index in [-0.39, 0.29) is 17.9 Å². The van der Waals surface area contributed by atoms with Crippen molar-refractivity contribution in [2.45, 2.75) is 25.5 Å². The number of likely N-dealkylation sites (N-methyl/N-ethyl adjacent to an activating group) is 1. The third kappa shape index (κ3) is 4.01. The van der Waals surface area contributed by atoms with Crippen molar-refractivity contribution >= 4 is 9.84 Å². The van der Waals surface area contributed by atoms with Crippen LogP contribution in [0.5, 0.6) is 0 Å². The summed E-state index contributed by atoms with van der Waals surface area (Å²) in [5.41, 5.74) is 5.59. The van der Waals surface area contributed by atoms with E-state index >= 15 is 0 Å². The number of rotatable bonds is 6. The van der Waals surface area contributed by atoms with E-state index in [9.17, 15) is 8.42 Å². The number of nitrogens with two attached hydrogens (primary N) is 1. The SMILES string of the molecule is CCOC(CN)CN(C)C1CCS(=O)(=O)C1. The molecule has 96 valence electrons. The van der Waals surface area contributed by atoms with Crippen molar-refractivity contribution in [1.29, 1.82) is 0 Å². The summed E-state index contributed by atoms with van der Waals surface area (Å²) in [5.74, 6) is 0.580. The molecule has 1 heterocycles. The third-order valence-electron chi connectivity index (χ3n) is 2.99. The van der Waals surface area contributed by atoms with E-state index in [0.29, 0.717) is 25.4 Å². The fourth-order valence-electron chi connectivity index (χ4n) is 2.02. The molecule has 1 saturated heterocycles. The Morgan fingerprint density at radius 3 is 2.69 bits per heavy atom. The quantitative estimate of drug-likeness (QED) is 0.686. The third-order valence-corrected chi connectivity index (χ3v) is 4.74. The maximum Gasteiger partial charge on any atom is 0.151 e. The Bertz CT molecular complexity index is 305. The van der Waals surface area contributed by atoms with Gasteiger partial charge in [-0.25, -0.2) is 8.42 Å². The molecule has 1 rings (SSSR count). The van der Waals surface area contributed by atoms with Crippen LogP contribution in [-0.4, -0.2) is 63.7 Å². The van der Waals surface area contributed by atoms with Gasteiger partial charge in [-0.15, -0.1) is 0 Å². The highest BCUT2D eigenvalue weighted by Gasteiger charge is 2.31. The van der Waals surface area contributed by atoms with E-state index in [4.69, 9.17) is 10.5 Å². The maximum atomic E-state index is 11.3. The lowest BCUT2D eigenvalue weighted by molar-refractivity contribution is 0.0379. The fraction of sp³-hybridized carbons (Fsp3) is 1.00. The zero-order valence-electron chi connectivity index (χ0n) is 10.1. The van der Waals surface area contributed by atoms with Gasteiger partial charge in [0.2, 0.25) is 0 Å². The predicted molar refractivity (Wildman–Crippen MR) is 64.2 cm³/mol. The summed E-state index contributed by atoms with van der Waals surface area (Å²) in [7, 11) is -0.871. The highest BCUT2D eigenvalue weighted by molar-refractivity contribution is 7.91. The van der Waals surface area contributed by atoms with Crippen LogP contribution in [0.2, 0.25) is 0 Å². The van der Waals surface area contributed by atoms with Gasteiger partial charge in [0.1, 0.15) is 0 Å². The standard InChI is InChI=1S/C10H22N2O3S/c1-3-15-10(6-11)7-12(2)9-4-5-16(13,14)8-9/h9-10H,3-8,11H2,1-2H3. The van der Waals surface area contributed by atoms with Gasteiger partial charge in [0.15, 0.2) is 9.84 Å². The highest BCUT2D eigenvalue weighted by Crippen LogP contribution is 2.16. The average molecular weight is 250 g/mol. The van der Waals surface area contributed by atoms with Crippen LogP contribution in [-0.2, 0) is 14.6 Å². The molecule has 1 aliphatic rings. The smallest absolute Gasteiger partial charge is 0.151 e. The summed E-state index contributed by atoms with van der Waals surface area (Å²) in [4.78, 5) is 2.05. The van der Waals surface area contributed by atoms with Crippen LogP contribution in [0.25, 0.3) is 0 Å². The first-order valence-electron chi connectivity index (χ1n) is 5.71. The minimum atomic E-state index is -2.81. The molecule has 0 amide bonds. The Hall–Kier alpha value is -0.170. The molecule has 2 N–H and O–H groups in total. The minimum absolute atomic E-state index is 0.00157. The highest BCUT2D eigenvalue weighted by atomic mass is 32.2. The zero-order valence-corrected chi connectivity index (χ0v) is 10.9. The Balaban J connectivity index is 2.43. The molecule has 1 aliphatic heterocycles. The summed E-state index contributed by atoms with van der Waals surface area (Å²) in [6.07, 6.45) is 0.723. The summed E-state index contributed by atoms with van der Waals surface area (Å²) < 4.78 is 28.1. The van der Waals surface area contributed by atoms with Gasteiger partial charge >= 0.3 is 0 Å². The van der Waals surface area contributed by atoms with Gasteiger partial charge in [-0.05, 0) is 20.4 Å². The number of sulfone groups is 1. The van der Waals surface area contributed by atoms with E-state index in [1.54, 1.807) is 0 Å². The van der Waals surface area contributed by atoms with Crippen LogP contribution in [0.1, 0.15) is 13.3 Å². The summed E-state index contributed by atoms with van der Waals surface area (Å²) in [6.45, 7) is 3.74. The number of hydrogen-bond acceptors (Lipinski definition) is 5. The van der Waals surface area contributed by atoms with Crippen LogP contribution in [0.4, 0.5) is 0 Å². The van der Waals surface area contributed by atoms with Crippen LogP contribution in [0.3, 0.4) is 0 Å². The summed E-state index contributed by atoms with van der Waals surface area (Å²) >= 11 is 0. The van der Waals surface area contributed by atoms with Gasteiger partial charge in [-0.2, -0.15) is 0 Å². The first kappa shape index (κ1) is 13.9. The number of ether oxygens (including phenoxy) is 1. The van der Waals surface area contributed by atoms with Crippen molar-refractivity contribution in [3.05, 3.63) is 0 Å². The molecule has 0 aromatic rings. The van der Waals surface area contributed by atoms with Gasteiger partial charge in [0, 0.05) is 25.7 Å². The molecule has 16 heavy (non-hydrogen) atoms. The molecule has 0 aliphatic carbocycles. The molecule has 5 nitrogen and oxygen atoms in total. The summed E-state index contributed by atoms with van der Waals surface area (Å²) in [6, 6.07) is 0.125. The normalized spacial score (nSPS) is 26.1. The monoisotopic (exact) mass is 250 g/mol. The molecular formula is C10H22N2O3S. The molecule has 2 atom stereocenters. The molecule has 0 saturated carbocycles. The van der Waals surface area contributed by atoms with Gasteiger partial charge in [0.05, 0.1) is 17.6 Å². The van der Waals surface area contributed by atoms with E-state index < -0.39 is 9.84 Å². The van der Waals surface area contributed by atoms with Crippen LogP contribution < -0.4 is 5.73 Å². The second-order valence-corrected chi connectivity index (χ2v) is 6.54. The van der Waals surface area contributed by atoms with Crippen LogP contribution in [0, 0.1) is 0 Å². The van der Waals surface area contributed by atoms with Crippen molar-refractivity contribution < 1.29 is 13.2 Å². The van der Waals surface area contributed by atoms with Crippen molar-refractivity contribution in [2.75, 3.05) is 38.2 Å². The van der Waals surface area contributed by atoms with E-state index in [1.165, 1.54) is 0 Å². The molecule has 0 aromatic carbocycles. The molecule has 0 radical (unpaired) electrons. The van der Waals surface area contributed by atoms with Gasteiger partial charge in [-0.1, -0.05) is 0 Å². The fourth-order valence-corrected chi connectivity index (χ4v) is 3.83. The van der Waals surface area contributed by atoms with Gasteiger partial charge < -0.3 is 10.5 Å². The Kier molecular flexibility index (Phi) is 5.17. The Morgan fingerprint density at radius 2 is 2.25 bits per heavy atom. The molecular weight excluding hydrogens is 228 g/mol. The van der Waals surface area contributed by atoms with Crippen molar-refractivity contribution in [3.63, 3.8) is 0 Å². The van der Waals surface area contributed by atoms with Crippen molar-refractivity contribution in [3.8, 4) is 0 Å². The number of nitrogens with zero attached hydrogens (tertiary/aromatic N) is 1. The molecule has 0 spiro atoms. The van der Waals surface area contributed by atoms with Crippen LogP contribution >= 0.6 is 0 Å². The molecule has 2 unspecified atom stereocenters. The molecule has 0 aromatic heterocycles. The summed E-state index contributed by atoms with van der Waals surface area (Å²) in [5, 5.41) is 0. The van der Waals surface area contributed by atoms with Gasteiger partial charge in [-0.3, -0.25) is 4.90 Å². The van der Waals surface area contributed by atoms with Crippen molar-refractivity contribution in [1.82, 2.24) is 4.90 Å². The number of hydrogen-bond donors (Lipinski definition) is 1. The second-order valence-electron chi connectivity index (χ2n) is 4.31. The minimum Gasteiger partial charge on any atom is -0.376 e. The Morgan fingerprint density at radius 1 is 1.56 bits per heavy atom. The molecule has 0 bridgehead atoms. The Labute approximate surface area is 97.9 Å². The maximum absolute atomic E-state index is 11.3. The lowest BCUT2D eigenvalue weighted by Crippen LogP contribution is -2.42. The van der Waals surface area contributed by atoms with E-state index in [0.717, 1.165) is 6.42 Å². The average Bonchev–Trinajstić information content (AvgIpc) is 2.58. The van der Waals surface area contributed by atoms with E-state index in [1.807, 2.05) is 14.0 Å². The lowest BCUT2D eigenvalue weighted by atomic mass is 10.2. The zero-order chi connectivity index (χ0) is 12.2. The first-order valence-corrected chi connectivity index (χ1v) is 7.53. The van der Waals surface area contributed by atoms with Crippen LogP contribution in [0.15, 0.2) is 0 Å². The largest absolute Gasteiger partial charge is 0.376 e. The topological polar surface area (TPSA) is 72.6 Å². The lowest BCUT2D eigenvalue weighted by Gasteiger charge is -2.27. The molecule has 6 heteroatoms.